The van der Waals surface area contributed by atoms with Crippen molar-refractivity contribution >= 4 is 12.0 Å². The van der Waals surface area contributed by atoms with Gasteiger partial charge in [0, 0.05) is 25.5 Å². The topological polar surface area (TPSA) is 76.1 Å². The van der Waals surface area contributed by atoms with E-state index in [1.54, 1.807) is 0 Å². The van der Waals surface area contributed by atoms with Gasteiger partial charge in [-0.15, -0.1) is 0 Å². The van der Waals surface area contributed by atoms with Crippen LogP contribution in [0.3, 0.4) is 0 Å². The molecule has 0 fully saturated rings. The van der Waals surface area contributed by atoms with E-state index in [0.29, 0.717) is 19.0 Å². The Balaban J connectivity index is 2.32. The van der Waals surface area contributed by atoms with E-state index in [-0.39, 0.29) is 5.41 Å². The smallest absolute Gasteiger partial charge is 0.407 e. The van der Waals surface area contributed by atoms with Crippen LogP contribution in [0, 0.1) is 0 Å². The lowest BCUT2D eigenvalue weighted by molar-refractivity contribution is 0.0530. The molecule has 1 amide bonds. The van der Waals surface area contributed by atoms with E-state index in [1.807, 2.05) is 33.2 Å². The quantitative estimate of drug-likeness (QED) is 0.835. The molecular formula is C15H26N4O2. The number of aromatic nitrogens is 2. The van der Waals surface area contributed by atoms with Gasteiger partial charge in [-0.2, -0.15) is 0 Å². The highest BCUT2D eigenvalue weighted by atomic mass is 16.6. The number of nitrogens with zero attached hydrogens (tertiary/aromatic N) is 2. The number of ether oxygens (including phenoxy) is 1. The molecule has 6 nitrogen and oxygen atoms in total. The number of amides is 1. The van der Waals surface area contributed by atoms with Crippen molar-refractivity contribution in [3.63, 3.8) is 0 Å². The highest BCUT2D eigenvalue weighted by Crippen LogP contribution is 2.20. The van der Waals surface area contributed by atoms with Gasteiger partial charge in [-0.1, -0.05) is 20.8 Å². The van der Waals surface area contributed by atoms with E-state index in [9.17, 15) is 4.79 Å². The molecule has 0 aliphatic carbocycles. The molecular weight excluding hydrogens is 268 g/mol. The van der Waals surface area contributed by atoms with Crippen molar-refractivity contribution < 1.29 is 9.53 Å². The summed E-state index contributed by atoms with van der Waals surface area (Å²) >= 11 is 0. The molecule has 0 saturated carbocycles. The maximum absolute atomic E-state index is 11.4. The fourth-order valence-electron chi connectivity index (χ4n) is 1.46. The van der Waals surface area contributed by atoms with E-state index < -0.39 is 11.7 Å². The fourth-order valence-corrected chi connectivity index (χ4v) is 1.46. The second kappa shape index (κ2) is 6.74. The summed E-state index contributed by atoms with van der Waals surface area (Å²) < 4.78 is 5.13. The van der Waals surface area contributed by atoms with E-state index in [2.05, 4.69) is 41.4 Å². The van der Waals surface area contributed by atoms with Crippen molar-refractivity contribution in [2.45, 2.75) is 52.6 Å². The van der Waals surface area contributed by atoms with Crippen LogP contribution < -0.4 is 10.6 Å². The number of hydrogen-bond donors (Lipinski definition) is 2. The second-order valence-corrected chi connectivity index (χ2v) is 6.90. The van der Waals surface area contributed by atoms with Crippen molar-refractivity contribution in [1.29, 1.82) is 0 Å². The van der Waals surface area contributed by atoms with Gasteiger partial charge >= 0.3 is 6.09 Å². The van der Waals surface area contributed by atoms with E-state index >= 15 is 0 Å². The molecule has 6 heteroatoms. The molecule has 2 N–H and O–H groups in total. The van der Waals surface area contributed by atoms with Crippen molar-refractivity contribution in [1.82, 2.24) is 15.3 Å². The van der Waals surface area contributed by atoms with Crippen LogP contribution >= 0.6 is 0 Å². The summed E-state index contributed by atoms with van der Waals surface area (Å²) in [5.74, 6) is 0.550. The van der Waals surface area contributed by atoms with Crippen LogP contribution in [0.2, 0.25) is 0 Å². The van der Waals surface area contributed by atoms with E-state index in [1.165, 1.54) is 0 Å². The largest absolute Gasteiger partial charge is 0.444 e. The molecule has 21 heavy (non-hydrogen) atoms. The predicted molar refractivity (Wildman–Crippen MR) is 83.5 cm³/mol. The van der Waals surface area contributed by atoms with Crippen LogP contribution in [-0.2, 0) is 10.2 Å². The number of carbonyl (C=O) groups excluding carboxylic acids is 1. The number of nitrogens with one attached hydrogen (secondary N) is 2. The molecule has 118 valence electrons. The van der Waals surface area contributed by atoms with Crippen LogP contribution in [0.15, 0.2) is 12.4 Å². The molecule has 0 unspecified atom stereocenters. The summed E-state index contributed by atoms with van der Waals surface area (Å²) in [5.41, 5.74) is 0.639. The van der Waals surface area contributed by atoms with Gasteiger partial charge in [0.2, 0.25) is 5.95 Å². The first-order chi connectivity index (χ1) is 9.58. The molecule has 0 aliphatic heterocycles. The SMILES string of the molecule is CC(C)(C)OC(=O)NCCNc1ncc(C(C)(C)C)cn1. The number of hydrogen-bond acceptors (Lipinski definition) is 5. The molecule has 1 heterocycles. The number of alkyl carbamates (subject to hydrolysis) is 1. The molecule has 0 aromatic carbocycles. The van der Waals surface area contributed by atoms with Crippen LogP contribution in [-0.4, -0.2) is 34.8 Å². The zero-order chi connectivity index (χ0) is 16.1. The zero-order valence-corrected chi connectivity index (χ0v) is 13.8. The lowest BCUT2D eigenvalue weighted by Gasteiger charge is -2.19. The Morgan fingerprint density at radius 1 is 1.10 bits per heavy atom. The second-order valence-electron chi connectivity index (χ2n) is 6.90. The highest BCUT2D eigenvalue weighted by Gasteiger charge is 2.16. The van der Waals surface area contributed by atoms with Crippen molar-refractivity contribution in [2.75, 3.05) is 18.4 Å². The minimum absolute atomic E-state index is 0.0385. The Morgan fingerprint density at radius 3 is 2.14 bits per heavy atom. The Kier molecular flexibility index (Phi) is 5.52. The van der Waals surface area contributed by atoms with Gasteiger partial charge in [-0.3, -0.25) is 0 Å². The lowest BCUT2D eigenvalue weighted by Crippen LogP contribution is -2.35. The summed E-state index contributed by atoms with van der Waals surface area (Å²) in [6.45, 7) is 12.8. The predicted octanol–water partition coefficient (Wildman–Crippen LogP) is 2.71. The number of anilines is 1. The normalized spacial score (nSPS) is 11.9. The van der Waals surface area contributed by atoms with E-state index in [0.717, 1.165) is 5.56 Å². The molecule has 1 aromatic rings. The minimum Gasteiger partial charge on any atom is -0.444 e. The van der Waals surface area contributed by atoms with Crippen molar-refractivity contribution in [2.24, 2.45) is 0 Å². The number of carbonyl (C=O) groups is 1. The molecule has 1 aromatic heterocycles. The van der Waals surface area contributed by atoms with Crippen LogP contribution in [0.5, 0.6) is 0 Å². The zero-order valence-electron chi connectivity index (χ0n) is 13.8. The van der Waals surface area contributed by atoms with Crippen LogP contribution in [0.25, 0.3) is 0 Å². The van der Waals surface area contributed by atoms with Gasteiger partial charge in [0.15, 0.2) is 0 Å². The Hall–Kier alpha value is -1.85. The third kappa shape index (κ3) is 6.92. The van der Waals surface area contributed by atoms with Crippen molar-refractivity contribution in [3.8, 4) is 0 Å². The summed E-state index contributed by atoms with van der Waals surface area (Å²) in [5, 5.41) is 5.71. The minimum atomic E-state index is -0.483. The van der Waals surface area contributed by atoms with Gasteiger partial charge in [0.25, 0.3) is 0 Å². The monoisotopic (exact) mass is 294 g/mol. The number of rotatable bonds is 4. The summed E-state index contributed by atoms with van der Waals surface area (Å²) in [4.78, 5) is 19.9. The molecule has 1 rings (SSSR count). The molecule has 0 radical (unpaired) electrons. The third-order valence-electron chi connectivity index (χ3n) is 2.59. The fraction of sp³-hybridized carbons (Fsp3) is 0.667. The van der Waals surface area contributed by atoms with Gasteiger partial charge < -0.3 is 15.4 Å². The highest BCUT2D eigenvalue weighted by molar-refractivity contribution is 5.67. The average Bonchev–Trinajstić information content (AvgIpc) is 2.32. The maximum Gasteiger partial charge on any atom is 0.407 e. The first-order valence-electron chi connectivity index (χ1n) is 7.11. The summed E-state index contributed by atoms with van der Waals surface area (Å²) in [6.07, 6.45) is 3.21. The molecule has 0 saturated heterocycles. The average molecular weight is 294 g/mol. The molecule has 0 atom stereocenters. The van der Waals surface area contributed by atoms with Crippen LogP contribution in [0.1, 0.15) is 47.1 Å². The summed E-state index contributed by atoms with van der Waals surface area (Å²) in [6, 6.07) is 0. The molecule has 0 spiro atoms. The Morgan fingerprint density at radius 2 is 1.67 bits per heavy atom. The Bertz CT molecular complexity index is 458. The summed E-state index contributed by atoms with van der Waals surface area (Å²) in [7, 11) is 0. The standard InChI is InChI=1S/C15H26N4O2/c1-14(2,3)11-9-18-12(19-10-11)16-7-8-17-13(20)21-15(4,5)6/h9-10H,7-8H2,1-6H3,(H,17,20)(H,16,18,19). The molecule has 0 bridgehead atoms. The first kappa shape index (κ1) is 17.2. The van der Waals surface area contributed by atoms with Gasteiger partial charge in [-0.25, -0.2) is 14.8 Å². The third-order valence-corrected chi connectivity index (χ3v) is 2.59. The van der Waals surface area contributed by atoms with Crippen molar-refractivity contribution in [3.05, 3.63) is 18.0 Å². The van der Waals surface area contributed by atoms with Gasteiger partial charge in [-0.05, 0) is 31.7 Å². The molecule has 0 aliphatic rings. The van der Waals surface area contributed by atoms with E-state index in [4.69, 9.17) is 4.74 Å². The van der Waals surface area contributed by atoms with Gasteiger partial charge in [0.1, 0.15) is 5.60 Å². The van der Waals surface area contributed by atoms with Gasteiger partial charge in [0.05, 0.1) is 0 Å². The maximum atomic E-state index is 11.4. The lowest BCUT2D eigenvalue weighted by atomic mass is 9.89. The Labute approximate surface area is 126 Å². The van der Waals surface area contributed by atoms with Crippen LogP contribution in [0.4, 0.5) is 10.7 Å². The first-order valence-corrected chi connectivity index (χ1v) is 7.11.